The van der Waals surface area contributed by atoms with E-state index in [4.69, 9.17) is 11.5 Å². The predicted molar refractivity (Wildman–Crippen MR) is 44.6 cm³/mol. The molecule has 3 nitrogen and oxygen atoms in total. The molecule has 60 valence electrons. The van der Waals surface area contributed by atoms with Crippen molar-refractivity contribution < 1.29 is 4.79 Å². The Balaban J connectivity index is 4.23. The molecule has 2 unspecified atom stereocenters. The van der Waals surface area contributed by atoms with Gasteiger partial charge in [0.05, 0.1) is 0 Å². The second-order valence-corrected chi connectivity index (χ2v) is 3.24. The summed E-state index contributed by atoms with van der Waals surface area (Å²) < 4.78 is 0. The van der Waals surface area contributed by atoms with Crippen molar-refractivity contribution in [2.45, 2.75) is 25.1 Å². The molecule has 0 bridgehead atoms. The summed E-state index contributed by atoms with van der Waals surface area (Å²) in [5, 5.41) is 0. The van der Waals surface area contributed by atoms with E-state index in [9.17, 15) is 4.79 Å². The Morgan fingerprint density at radius 2 is 2.20 bits per heavy atom. The van der Waals surface area contributed by atoms with Gasteiger partial charge in [-0.25, -0.2) is 0 Å². The molecule has 0 aliphatic heterocycles. The van der Waals surface area contributed by atoms with E-state index in [-0.39, 0.29) is 5.92 Å². The molecular formula is C6H14N2OS. The van der Waals surface area contributed by atoms with Crippen molar-refractivity contribution in [3.8, 4) is 0 Å². The molecule has 0 heterocycles. The monoisotopic (exact) mass is 162 g/mol. The van der Waals surface area contributed by atoms with E-state index in [1.165, 1.54) is 0 Å². The number of hydrogen-bond acceptors (Lipinski definition) is 3. The lowest BCUT2D eigenvalue weighted by Crippen LogP contribution is -2.51. The van der Waals surface area contributed by atoms with Crippen LogP contribution in [0.15, 0.2) is 0 Å². The van der Waals surface area contributed by atoms with Crippen LogP contribution in [-0.4, -0.2) is 10.8 Å². The van der Waals surface area contributed by atoms with Crippen molar-refractivity contribution in [3.63, 3.8) is 0 Å². The van der Waals surface area contributed by atoms with Crippen LogP contribution in [0.1, 0.15) is 20.3 Å². The van der Waals surface area contributed by atoms with Crippen LogP contribution in [0.25, 0.3) is 0 Å². The fraction of sp³-hybridized carbons (Fsp3) is 0.833. The largest absolute Gasteiger partial charge is 0.367 e. The number of hydrogen-bond donors (Lipinski definition) is 3. The van der Waals surface area contributed by atoms with E-state index in [0.29, 0.717) is 0 Å². The van der Waals surface area contributed by atoms with Gasteiger partial charge in [-0.3, -0.25) is 4.79 Å². The van der Waals surface area contributed by atoms with Gasteiger partial charge in [0.25, 0.3) is 0 Å². The minimum atomic E-state index is -1.16. The summed E-state index contributed by atoms with van der Waals surface area (Å²) in [6.07, 6.45) is 0.795. The third-order valence-electron chi connectivity index (χ3n) is 1.76. The van der Waals surface area contributed by atoms with Crippen molar-refractivity contribution in [3.05, 3.63) is 0 Å². The Hall–Kier alpha value is -0.220. The number of thiol groups is 1. The lowest BCUT2D eigenvalue weighted by Gasteiger charge is -2.25. The highest BCUT2D eigenvalue weighted by atomic mass is 32.1. The fourth-order valence-electron chi connectivity index (χ4n) is 0.554. The van der Waals surface area contributed by atoms with Gasteiger partial charge in [-0.1, -0.05) is 20.3 Å². The Morgan fingerprint density at radius 1 is 1.80 bits per heavy atom. The highest BCUT2D eigenvalue weighted by Crippen LogP contribution is 2.20. The van der Waals surface area contributed by atoms with Gasteiger partial charge in [0, 0.05) is 0 Å². The molecule has 0 aliphatic rings. The minimum absolute atomic E-state index is 0.00772. The summed E-state index contributed by atoms with van der Waals surface area (Å²) >= 11 is 3.96. The summed E-state index contributed by atoms with van der Waals surface area (Å²) in [7, 11) is 0. The molecule has 0 saturated heterocycles. The highest BCUT2D eigenvalue weighted by molar-refractivity contribution is 7.82. The van der Waals surface area contributed by atoms with E-state index < -0.39 is 10.8 Å². The van der Waals surface area contributed by atoms with Crippen molar-refractivity contribution in [2.24, 2.45) is 17.4 Å². The van der Waals surface area contributed by atoms with Crippen LogP contribution in [0.4, 0.5) is 0 Å². The van der Waals surface area contributed by atoms with Crippen LogP contribution in [-0.2, 0) is 4.79 Å². The van der Waals surface area contributed by atoms with Crippen molar-refractivity contribution in [1.82, 2.24) is 0 Å². The smallest absolute Gasteiger partial charge is 0.247 e. The van der Waals surface area contributed by atoms with Gasteiger partial charge >= 0.3 is 0 Å². The fourth-order valence-corrected chi connectivity index (χ4v) is 0.737. The normalized spacial score (nSPS) is 19.6. The van der Waals surface area contributed by atoms with Crippen LogP contribution >= 0.6 is 12.6 Å². The van der Waals surface area contributed by atoms with E-state index >= 15 is 0 Å². The quantitative estimate of drug-likeness (QED) is 0.407. The maximum Gasteiger partial charge on any atom is 0.247 e. The molecule has 0 saturated carbocycles. The van der Waals surface area contributed by atoms with Crippen LogP contribution in [0.3, 0.4) is 0 Å². The van der Waals surface area contributed by atoms with Gasteiger partial charge in [-0.15, -0.1) is 12.6 Å². The van der Waals surface area contributed by atoms with Crippen LogP contribution < -0.4 is 11.5 Å². The van der Waals surface area contributed by atoms with E-state index in [0.717, 1.165) is 6.42 Å². The molecule has 0 aromatic heterocycles. The molecule has 0 radical (unpaired) electrons. The Kier molecular flexibility index (Phi) is 3.18. The van der Waals surface area contributed by atoms with Gasteiger partial charge in [-0.2, -0.15) is 0 Å². The van der Waals surface area contributed by atoms with Crippen LogP contribution in [0.5, 0.6) is 0 Å². The number of carbonyl (C=O) groups is 1. The molecular weight excluding hydrogens is 148 g/mol. The maximum absolute atomic E-state index is 10.6. The van der Waals surface area contributed by atoms with Gasteiger partial charge in [0.1, 0.15) is 4.87 Å². The molecule has 4 N–H and O–H groups in total. The van der Waals surface area contributed by atoms with Gasteiger partial charge in [0.2, 0.25) is 5.91 Å². The molecule has 2 atom stereocenters. The molecule has 0 aromatic carbocycles. The summed E-state index contributed by atoms with van der Waals surface area (Å²) in [5.41, 5.74) is 10.5. The standard InChI is InChI=1S/C6H14N2OS/c1-3-4(2)6(8,10)5(7)9/h4,10H,3,8H2,1-2H3,(H2,7,9). The third kappa shape index (κ3) is 1.88. The zero-order valence-corrected chi connectivity index (χ0v) is 7.19. The average molecular weight is 162 g/mol. The average Bonchev–Trinajstić information content (AvgIpc) is 1.86. The second-order valence-electron chi connectivity index (χ2n) is 2.50. The van der Waals surface area contributed by atoms with E-state index in [2.05, 4.69) is 12.6 Å². The zero-order valence-electron chi connectivity index (χ0n) is 6.29. The van der Waals surface area contributed by atoms with Crippen molar-refractivity contribution in [1.29, 1.82) is 0 Å². The molecule has 10 heavy (non-hydrogen) atoms. The number of amides is 1. The van der Waals surface area contributed by atoms with Crippen LogP contribution in [0, 0.1) is 5.92 Å². The minimum Gasteiger partial charge on any atom is -0.367 e. The summed E-state index contributed by atoms with van der Waals surface area (Å²) in [4.78, 5) is 9.48. The van der Waals surface area contributed by atoms with E-state index in [1.54, 1.807) is 0 Å². The number of nitrogens with two attached hydrogens (primary N) is 2. The molecule has 1 amide bonds. The topological polar surface area (TPSA) is 69.1 Å². The first-order valence-corrected chi connectivity index (χ1v) is 3.68. The first-order valence-electron chi connectivity index (χ1n) is 3.24. The van der Waals surface area contributed by atoms with Gasteiger partial charge < -0.3 is 11.5 Å². The Labute approximate surface area is 66.6 Å². The second kappa shape index (κ2) is 3.25. The van der Waals surface area contributed by atoms with Crippen LogP contribution in [0.2, 0.25) is 0 Å². The molecule has 0 rings (SSSR count). The first kappa shape index (κ1) is 9.78. The number of rotatable bonds is 3. The van der Waals surface area contributed by atoms with Crippen molar-refractivity contribution >= 4 is 18.5 Å². The van der Waals surface area contributed by atoms with Gasteiger partial charge in [-0.05, 0) is 5.92 Å². The van der Waals surface area contributed by atoms with Crippen molar-refractivity contribution in [2.75, 3.05) is 0 Å². The highest BCUT2D eigenvalue weighted by Gasteiger charge is 2.32. The summed E-state index contributed by atoms with van der Waals surface area (Å²) in [6, 6.07) is 0. The molecule has 0 fully saturated rings. The molecule has 0 spiro atoms. The van der Waals surface area contributed by atoms with Gasteiger partial charge in [0.15, 0.2) is 0 Å². The first-order chi connectivity index (χ1) is 4.42. The third-order valence-corrected chi connectivity index (χ3v) is 2.42. The zero-order chi connectivity index (χ0) is 8.36. The Morgan fingerprint density at radius 3 is 2.30 bits per heavy atom. The molecule has 4 heteroatoms. The summed E-state index contributed by atoms with van der Waals surface area (Å²) in [6.45, 7) is 3.78. The van der Waals surface area contributed by atoms with E-state index in [1.807, 2.05) is 13.8 Å². The Bertz CT molecular complexity index is 136. The predicted octanol–water partition coefficient (Wildman–Crippen LogP) is 0.103. The number of carbonyl (C=O) groups excluding carboxylic acids is 1. The summed E-state index contributed by atoms with van der Waals surface area (Å²) in [5.74, 6) is -0.557. The molecule has 0 aromatic rings. The maximum atomic E-state index is 10.6. The molecule has 0 aliphatic carbocycles. The SMILES string of the molecule is CCC(C)C(N)(S)C(N)=O. The number of primary amides is 1. The lowest BCUT2D eigenvalue weighted by molar-refractivity contribution is -0.121. The lowest BCUT2D eigenvalue weighted by atomic mass is 9.99.